The number of carbonyl (C=O) groups excluding carboxylic acids is 1. The Labute approximate surface area is 103 Å². The van der Waals surface area contributed by atoms with E-state index in [2.05, 4.69) is 29.6 Å². The first-order valence-corrected chi connectivity index (χ1v) is 5.73. The summed E-state index contributed by atoms with van der Waals surface area (Å²) in [6.07, 6.45) is 0. The quantitative estimate of drug-likeness (QED) is 0.796. The fourth-order valence-electron chi connectivity index (χ4n) is 1.79. The average Bonchev–Trinajstić information content (AvgIpc) is 2.35. The van der Waals surface area contributed by atoms with Crippen molar-refractivity contribution >= 4 is 5.91 Å². The molecule has 4 heteroatoms. The second-order valence-electron chi connectivity index (χ2n) is 4.24. The topological polar surface area (TPSA) is 44.4 Å². The normalized spacial score (nSPS) is 12.5. The number of hydrogen-bond donors (Lipinski definition) is 2. The number of hydrogen-bond acceptors (Lipinski definition) is 3. The summed E-state index contributed by atoms with van der Waals surface area (Å²) < 4.78 is 0. The molecule has 1 amide bonds. The summed E-state index contributed by atoms with van der Waals surface area (Å²) in [6, 6.07) is 8.05. The van der Waals surface area contributed by atoms with Crippen LogP contribution in [0.1, 0.15) is 22.0 Å². The predicted molar refractivity (Wildman–Crippen MR) is 70.2 cm³/mol. The van der Waals surface area contributed by atoms with Crippen molar-refractivity contribution < 1.29 is 4.79 Å². The maximum absolute atomic E-state index is 11.4. The third-order valence-electron chi connectivity index (χ3n) is 2.81. The molecular formula is C13H21N3O. The molecule has 1 aromatic carbocycles. The van der Waals surface area contributed by atoms with E-state index in [1.807, 2.05) is 31.3 Å². The van der Waals surface area contributed by atoms with Gasteiger partial charge in [0.1, 0.15) is 0 Å². The van der Waals surface area contributed by atoms with Crippen molar-refractivity contribution in [1.29, 1.82) is 0 Å². The van der Waals surface area contributed by atoms with Gasteiger partial charge in [-0.2, -0.15) is 0 Å². The second kappa shape index (κ2) is 6.37. The number of benzene rings is 1. The molecular weight excluding hydrogens is 214 g/mol. The van der Waals surface area contributed by atoms with E-state index in [1.54, 1.807) is 7.05 Å². The molecule has 0 bridgehead atoms. The van der Waals surface area contributed by atoms with Gasteiger partial charge in [-0.25, -0.2) is 0 Å². The third-order valence-corrected chi connectivity index (χ3v) is 2.81. The van der Waals surface area contributed by atoms with E-state index in [0.717, 1.165) is 6.54 Å². The molecule has 1 aromatic rings. The first-order valence-electron chi connectivity index (χ1n) is 5.73. The maximum atomic E-state index is 11.4. The Morgan fingerprint density at radius 3 is 2.24 bits per heavy atom. The van der Waals surface area contributed by atoms with Gasteiger partial charge in [-0.15, -0.1) is 0 Å². The summed E-state index contributed by atoms with van der Waals surface area (Å²) in [5, 5.41) is 5.79. The van der Waals surface area contributed by atoms with E-state index in [9.17, 15) is 4.79 Å². The van der Waals surface area contributed by atoms with Gasteiger partial charge >= 0.3 is 0 Å². The number of likely N-dealkylation sites (N-methyl/N-ethyl adjacent to an activating group) is 2. The zero-order valence-electron chi connectivity index (χ0n) is 10.9. The summed E-state index contributed by atoms with van der Waals surface area (Å²) in [4.78, 5) is 13.6. The number of carbonyl (C=O) groups is 1. The molecule has 2 N–H and O–H groups in total. The lowest BCUT2D eigenvalue weighted by molar-refractivity contribution is 0.0963. The highest BCUT2D eigenvalue weighted by atomic mass is 16.1. The van der Waals surface area contributed by atoms with Crippen LogP contribution >= 0.6 is 0 Å². The van der Waals surface area contributed by atoms with Crippen LogP contribution in [-0.4, -0.2) is 45.5 Å². The molecule has 17 heavy (non-hydrogen) atoms. The van der Waals surface area contributed by atoms with Crippen molar-refractivity contribution in [2.24, 2.45) is 0 Å². The van der Waals surface area contributed by atoms with Gasteiger partial charge in [-0.1, -0.05) is 12.1 Å². The fraction of sp³-hybridized carbons (Fsp3) is 0.462. The monoisotopic (exact) mass is 235 g/mol. The van der Waals surface area contributed by atoms with Crippen LogP contribution in [0.25, 0.3) is 0 Å². The van der Waals surface area contributed by atoms with E-state index < -0.39 is 0 Å². The zero-order valence-corrected chi connectivity index (χ0v) is 10.9. The smallest absolute Gasteiger partial charge is 0.251 e. The van der Waals surface area contributed by atoms with Crippen LogP contribution in [0.15, 0.2) is 24.3 Å². The Morgan fingerprint density at radius 2 is 1.82 bits per heavy atom. The zero-order chi connectivity index (χ0) is 12.8. The van der Waals surface area contributed by atoms with Gasteiger partial charge in [-0.05, 0) is 38.8 Å². The molecule has 0 saturated carbocycles. The van der Waals surface area contributed by atoms with Crippen LogP contribution in [0.4, 0.5) is 0 Å². The first kappa shape index (κ1) is 13.7. The summed E-state index contributed by atoms with van der Waals surface area (Å²) in [6.45, 7) is 0.881. The van der Waals surface area contributed by atoms with Crippen LogP contribution in [0, 0.1) is 0 Å². The van der Waals surface area contributed by atoms with Gasteiger partial charge < -0.3 is 15.5 Å². The van der Waals surface area contributed by atoms with Gasteiger partial charge in [0.2, 0.25) is 0 Å². The van der Waals surface area contributed by atoms with E-state index in [0.29, 0.717) is 11.6 Å². The number of rotatable bonds is 5. The van der Waals surface area contributed by atoms with Crippen LogP contribution in [0.5, 0.6) is 0 Å². The third kappa shape index (κ3) is 3.54. The lowest BCUT2D eigenvalue weighted by Gasteiger charge is -2.24. The number of nitrogens with one attached hydrogen (secondary N) is 2. The lowest BCUT2D eigenvalue weighted by Crippen LogP contribution is -2.29. The van der Waals surface area contributed by atoms with Crippen molar-refractivity contribution in [3.63, 3.8) is 0 Å². The summed E-state index contributed by atoms with van der Waals surface area (Å²) in [7, 11) is 7.68. The van der Waals surface area contributed by atoms with Gasteiger partial charge in [0.25, 0.3) is 5.91 Å². The fourth-order valence-corrected chi connectivity index (χ4v) is 1.79. The van der Waals surface area contributed by atoms with Crippen LogP contribution in [0.2, 0.25) is 0 Å². The second-order valence-corrected chi connectivity index (χ2v) is 4.24. The summed E-state index contributed by atoms with van der Waals surface area (Å²) >= 11 is 0. The Bertz CT molecular complexity index is 359. The van der Waals surface area contributed by atoms with Gasteiger partial charge in [0, 0.05) is 25.2 Å². The Hall–Kier alpha value is -1.39. The molecule has 0 radical (unpaired) electrons. The van der Waals surface area contributed by atoms with E-state index in [4.69, 9.17) is 0 Å². The molecule has 0 saturated heterocycles. The molecule has 1 rings (SSSR count). The maximum Gasteiger partial charge on any atom is 0.251 e. The standard InChI is InChI=1S/C13H21N3O/c1-14-9-12(16(3)4)10-5-7-11(8-6-10)13(17)15-2/h5-8,12,14H,9H2,1-4H3,(H,15,17). The Kier molecular flexibility index (Phi) is 5.12. The highest BCUT2D eigenvalue weighted by Gasteiger charge is 2.13. The molecule has 1 atom stereocenters. The minimum atomic E-state index is -0.0495. The highest BCUT2D eigenvalue weighted by Crippen LogP contribution is 2.17. The summed E-state index contributed by atoms with van der Waals surface area (Å²) in [5.74, 6) is -0.0495. The van der Waals surface area contributed by atoms with Crippen LogP contribution in [0.3, 0.4) is 0 Å². The van der Waals surface area contributed by atoms with Gasteiger partial charge in [-0.3, -0.25) is 4.79 Å². The van der Waals surface area contributed by atoms with Crippen LogP contribution in [-0.2, 0) is 0 Å². The molecule has 94 valence electrons. The molecule has 0 heterocycles. The number of amides is 1. The lowest BCUT2D eigenvalue weighted by atomic mass is 10.0. The van der Waals surface area contributed by atoms with E-state index >= 15 is 0 Å². The molecule has 0 aliphatic heterocycles. The van der Waals surface area contributed by atoms with Gasteiger partial charge in [0.05, 0.1) is 0 Å². The van der Waals surface area contributed by atoms with Crippen molar-refractivity contribution in [1.82, 2.24) is 15.5 Å². The minimum absolute atomic E-state index is 0.0495. The molecule has 0 aliphatic carbocycles. The minimum Gasteiger partial charge on any atom is -0.355 e. The SMILES string of the molecule is CNCC(c1ccc(C(=O)NC)cc1)N(C)C. The predicted octanol–water partition coefficient (Wildman–Crippen LogP) is 0.868. The van der Waals surface area contributed by atoms with Gasteiger partial charge in [0.15, 0.2) is 0 Å². The van der Waals surface area contributed by atoms with Crippen LogP contribution < -0.4 is 10.6 Å². The molecule has 0 fully saturated rings. The largest absolute Gasteiger partial charge is 0.355 e. The van der Waals surface area contributed by atoms with Crippen molar-refractivity contribution in [2.45, 2.75) is 6.04 Å². The molecule has 0 aliphatic rings. The van der Waals surface area contributed by atoms with Crippen molar-refractivity contribution in [3.8, 4) is 0 Å². The Balaban J connectivity index is 2.88. The summed E-state index contributed by atoms with van der Waals surface area (Å²) in [5.41, 5.74) is 1.90. The van der Waals surface area contributed by atoms with Crippen molar-refractivity contribution in [3.05, 3.63) is 35.4 Å². The van der Waals surface area contributed by atoms with E-state index in [1.165, 1.54) is 5.56 Å². The Morgan fingerprint density at radius 1 is 1.24 bits per heavy atom. The molecule has 0 spiro atoms. The van der Waals surface area contributed by atoms with Crippen molar-refractivity contribution in [2.75, 3.05) is 34.7 Å². The number of nitrogens with zero attached hydrogens (tertiary/aromatic N) is 1. The first-order chi connectivity index (χ1) is 8.10. The average molecular weight is 235 g/mol. The molecule has 0 aromatic heterocycles. The molecule has 1 unspecified atom stereocenters. The highest BCUT2D eigenvalue weighted by molar-refractivity contribution is 5.93. The van der Waals surface area contributed by atoms with E-state index in [-0.39, 0.29) is 5.91 Å². The molecule has 4 nitrogen and oxygen atoms in total.